The Kier molecular flexibility index (Phi) is 5.15. The van der Waals surface area contributed by atoms with Gasteiger partial charge in [0.1, 0.15) is 0 Å². The molecule has 0 bridgehead atoms. The summed E-state index contributed by atoms with van der Waals surface area (Å²) in [4.78, 5) is 18.8. The Hall–Kier alpha value is -2.25. The molecule has 0 spiro atoms. The molecule has 2 aromatic rings. The molecule has 0 unspecified atom stereocenters. The maximum absolute atomic E-state index is 12.7. The van der Waals surface area contributed by atoms with E-state index in [0.717, 1.165) is 5.69 Å². The lowest BCUT2D eigenvalue weighted by Gasteiger charge is -2.22. The van der Waals surface area contributed by atoms with Crippen LogP contribution in [0.2, 0.25) is 0 Å². The Labute approximate surface area is 148 Å². The van der Waals surface area contributed by atoms with Gasteiger partial charge in [0.25, 0.3) is 5.91 Å². The van der Waals surface area contributed by atoms with E-state index in [2.05, 4.69) is 4.98 Å². The number of benzene rings is 1. The number of aryl methyl sites for hydroxylation is 1. The first kappa shape index (κ1) is 17.6. The highest BCUT2D eigenvalue weighted by atomic mass is 32.2. The molecule has 0 saturated carbocycles. The lowest BCUT2D eigenvalue weighted by Crippen LogP contribution is -2.37. The van der Waals surface area contributed by atoms with Crippen molar-refractivity contribution in [2.75, 3.05) is 26.2 Å². The van der Waals surface area contributed by atoms with Crippen LogP contribution in [0.15, 0.2) is 53.6 Å². The van der Waals surface area contributed by atoms with Crippen LogP contribution < -0.4 is 0 Å². The Morgan fingerprint density at radius 3 is 2.52 bits per heavy atom. The standard InChI is InChI=1S/C18H21N3O3S/c1-15-14-16(8-9-19-15)18(22)20-10-5-11-21(13-12-20)25(23,24)17-6-3-2-4-7-17/h2-4,6-9,14H,5,10-13H2,1H3. The van der Waals surface area contributed by atoms with E-state index in [9.17, 15) is 13.2 Å². The highest BCUT2D eigenvalue weighted by Gasteiger charge is 2.28. The lowest BCUT2D eigenvalue weighted by molar-refractivity contribution is 0.0764. The van der Waals surface area contributed by atoms with Crippen molar-refractivity contribution in [2.24, 2.45) is 0 Å². The minimum atomic E-state index is -3.52. The predicted octanol–water partition coefficient (Wildman–Crippen LogP) is 1.93. The van der Waals surface area contributed by atoms with E-state index < -0.39 is 10.0 Å². The molecule has 0 N–H and O–H groups in total. The largest absolute Gasteiger partial charge is 0.337 e. The second-order valence-corrected chi connectivity index (χ2v) is 7.99. The summed E-state index contributed by atoms with van der Waals surface area (Å²) in [5.74, 6) is -0.0792. The highest BCUT2D eigenvalue weighted by molar-refractivity contribution is 7.89. The van der Waals surface area contributed by atoms with Crippen molar-refractivity contribution in [1.82, 2.24) is 14.2 Å². The molecule has 6 nitrogen and oxygen atoms in total. The SMILES string of the molecule is Cc1cc(C(=O)N2CCCN(S(=O)(=O)c3ccccc3)CC2)ccn1. The predicted molar refractivity (Wildman–Crippen MR) is 94.7 cm³/mol. The minimum Gasteiger partial charge on any atom is -0.337 e. The minimum absolute atomic E-state index is 0.0792. The molecular formula is C18H21N3O3S. The zero-order chi connectivity index (χ0) is 17.9. The van der Waals surface area contributed by atoms with Crippen molar-refractivity contribution in [1.29, 1.82) is 0 Å². The highest BCUT2D eigenvalue weighted by Crippen LogP contribution is 2.18. The van der Waals surface area contributed by atoms with E-state index in [4.69, 9.17) is 0 Å². The van der Waals surface area contributed by atoms with Crippen molar-refractivity contribution >= 4 is 15.9 Å². The van der Waals surface area contributed by atoms with Crippen molar-refractivity contribution in [3.8, 4) is 0 Å². The zero-order valence-corrected chi connectivity index (χ0v) is 14.9. The number of amides is 1. The van der Waals surface area contributed by atoms with Gasteiger partial charge < -0.3 is 4.90 Å². The summed E-state index contributed by atoms with van der Waals surface area (Å²) in [5.41, 5.74) is 1.38. The first-order valence-corrected chi connectivity index (χ1v) is 9.69. The number of nitrogens with zero attached hydrogens (tertiary/aromatic N) is 3. The van der Waals surface area contributed by atoms with Crippen molar-refractivity contribution < 1.29 is 13.2 Å². The van der Waals surface area contributed by atoms with Gasteiger partial charge in [0.2, 0.25) is 10.0 Å². The van der Waals surface area contributed by atoms with Gasteiger partial charge in [0.15, 0.2) is 0 Å². The first-order valence-electron chi connectivity index (χ1n) is 8.25. The molecule has 1 amide bonds. The Bertz CT molecular complexity index is 853. The lowest BCUT2D eigenvalue weighted by atomic mass is 10.2. The van der Waals surface area contributed by atoms with E-state index in [1.54, 1.807) is 53.6 Å². The smallest absolute Gasteiger partial charge is 0.254 e. The first-order chi connectivity index (χ1) is 12.0. The number of hydrogen-bond acceptors (Lipinski definition) is 4. The van der Waals surface area contributed by atoms with Crippen LogP contribution in [0, 0.1) is 6.92 Å². The average molecular weight is 359 g/mol. The number of carbonyl (C=O) groups is 1. The number of rotatable bonds is 3. The van der Waals surface area contributed by atoms with E-state index >= 15 is 0 Å². The van der Waals surface area contributed by atoms with E-state index in [0.29, 0.717) is 43.1 Å². The van der Waals surface area contributed by atoms with E-state index in [1.165, 1.54) is 4.31 Å². The fraction of sp³-hybridized carbons (Fsp3) is 0.333. The summed E-state index contributed by atoms with van der Waals surface area (Å²) in [6.07, 6.45) is 2.23. The quantitative estimate of drug-likeness (QED) is 0.840. The maximum atomic E-state index is 12.7. The zero-order valence-electron chi connectivity index (χ0n) is 14.1. The summed E-state index contributed by atoms with van der Waals surface area (Å²) in [5, 5.41) is 0. The van der Waals surface area contributed by atoms with Crippen molar-refractivity contribution in [3.05, 3.63) is 59.9 Å². The fourth-order valence-electron chi connectivity index (χ4n) is 2.94. The molecule has 132 valence electrons. The molecule has 2 heterocycles. The molecule has 0 atom stereocenters. The Morgan fingerprint density at radius 1 is 1.04 bits per heavy atom. The Morgan fingerprint density at radius 2 is 1.80 bits per heavy atom. The van der Waals surface area contributed by atoms with Gasteiger partial charge >= 0.3 is 0 Å². The molecule has 1 aromatic carbocycles. The van der Waals surface area contributed by atoms with Crippen LogP contribution in [0.25, 0.3) is 0 Å². The van der Waals surface area contributed by atoms with E-state index in [-0.39, 0.29) is 5.91 Å². The number of hydrogen-bond donors (Lipinski definition) is 0. The molecule has 25 heavy (non-hydrogen) atoms. The Balaban J connectivity index is 1.73. The van der Waals surface area contributed by atoms with Crippen LogP contribution in [0.1, 0.15) is 22.5 Å². The van der Waals surface area contributed by atoms with Gasteiger partial charge in [-0.1, -0.05) is 18.2 Å². The van der Waals surface area contributed by atoms with Crippen LogP contribution in [0.5, 0.6) is 0 Å². The molecule has 3 rings (SSSR count). The molecular weight excluding hydrogens is 338 g/mol. The summed E-state index contributed by atoms with van der Waals surface area (Å²) in [6.45, 7) is 3.48. The molecule has 1 aliphatic rings. The molecule has 0 radical (unpaired) electrons. The van der Waals surface area contributed by atoms with Gasteiger partial charge in [-0.2, -0.15) is 4.31 Å². The topological polar surface area (TPSA) is 70.6 Å². The van der Waals surface area contributed by atoms with E-state index in [1.807, 2.05) is 6.92 Å². The van der Waals surface area contributed by atoms with Crippen LogP contribution in [0.3, 0.4) is 0 Å². The molecule has 1 aromatic heterocycles. The number of pyridine rings is 1. The van der Waals surface area contributed by atoms with Gasteiger partial charge in [-0.3, -0.25) is 9.78 Å². The third-order valence-electron chi connectivity index (χ3n) is 4.27. The molecule has 1 aliphatic heterocycles. The third kappa shape index (κ3) is 3.88. The van der Waals surface area contributed by atoms with Crippen LogP contribution in [-0.2, 0) is 10.0 Å². The van der Waals surface area contributed by atoms with Crippen LogP contribution in [0.4, 0.5) is 0 Å². The summed E-state index contributed by atoms with van der Waals surface area (Å²) < 4.78 is 27.0. The summed E-state index contributed by atoms with van der Waals surface area (Å²) in [7, 11) is -3.52. The monoisotopic (exact) mass is 359 g/mol. The second-order valence-electron chi connectivity index (χ2n) is 6.05. The summed E-state index contributed by atoms with van der Waals surface area (Å²) >= 11 is 0. The van der Waals surface area contributed by atoms with Crippen molar-refractivity contribution in [3.63, 3.8) is 0 Å². The van der Waals surface area contributed by atoms with Crippen molar-refractivity contribution in [2.45, 2.75) is 18.2 Å². The third-order valence-corrected chi connectivity index (χ3v) is 6.18. The average Bonchev–Trinajstić information content (AvgIpc) is 2.88. The normalized spacial score (nSPS) is 16.4. The van der Waals surface area contributed by atoms with Crippen LogP contribution in [-0.4, -0.2) is 54.7 Å². The molecule has 1 saturated heterocycles. The number of sulfonamides is 1. The fourth-order valence-corrected chi connectivity index (χ4v) is 4.43. The van der Waals surface area contributed by atoms with Gasteiger partial charge in [-0.05, 0) is 37.6 Å². The number of aromatic nitrogens is 1. The summed E-state index contributed by atoms with van der Waals surface area (Å²) in [6, 6.07) is 11.9. The van der Waals surface area contributed by atoms with Gasteiger partial charge in [-0.25, -0.2) is 8.42 Å². The van der Waals surface area contributed by atoms with Gasteiger partial charge in [0, 0.05) is 43.6 Å². The second kappa shape index (κ2) is 7.33. The molecule has 7 heteroatoms. The van der Waals surface area contributed by atoms with Gasteiger partial charge in [-0.15, -0.1) is 0 Å². The van der Waals surface area contributed by atoms with Crippen LogP contribution >= 0.6 is 0 Å². The molecule has 1 fully saturated rings. The van der Waals surface area contributed by atoms with Gasteiger partial charge in [0.05, 0.1) is 4.90 Å². The number of carbonyl (C=O) groups excluding carboxylic acids is 1. The molecule has 0 aliphatic carbocycles. The maximum Gasteiger partial charge on any atom is 0.254 e.